The third-order valence-electron chi connectivity index (χ3n) is 4.65. The molecule has 1 saturated heterocycles. The highest BCUT2D eigenvalue weighted by Gasteiger charge is 2.40. The summed E-state index contributed by atoms with van der Waals surface area (Å²) in [5.74, 6) is -3.10. The van der Waals surface area contributed by atoms with Gasteiger partial charge in [0.15, 0.2) is 6.04 Å². The highest BCUT2D eigenvalue weighted by molar-refractivity contribution is 7.80. The van der Waals surface area contributed by atoms with Crippen LogP contribution in [-0.4, -0.2) is 81.4 Å². The number of hydrogen-bond donors (Lipinski definition) is 6. The van der Waals surface area contributed by atoms with Gasteiger partial charge < -0.3 is 31.5 Å². The molecule has 0 radical (unpaired) electrons. The van der Waals surface area contributed by atoms with Crippen molar-refractivity contribution in [3.63, 3.8) is 0 Å². The number of likely N-dealkylation sites (tertiary alicyclic amines) is 1. The smallest absolute Gasteiger partial charge is 0.328 e. The normalized spacial score (nSPS) is 21.0. The summed E-state index contributed by atoms with van der Waals surface area (Å²) < 4.78 is 0. The Morgan fingerprint density at radius 3 is 2.25 bits per heavy atom. The van der Waals surface area contributed by atoms with Gasteiger partial charge in [-0.3, -0.25) is 14.4 Å². The Bertz CT molecular complexity index is 600. The van der Waals surface area contributed by atoms with Crippen LogP contribution < -0.4 is 16.4 Å². The van der Waals surface area contributed by atoms with Gasteiger partial charge in [0.1, 0.15) is 12.1 Å². The molecule has 0 aliphatic carbocycles. The van der Waals surface area contributed by atoms with Crippen LogP contribution in [0.5, 0.6) is 0 Å². The second-order valence-electron chi connectivity index (χ2n) is 7.27. The van der Waals surface area contributed by atoms with Crippen molar-refractivity contribution >= 4 is 36.3 Å². The summed E-state index contributed by atoms with van der Waals surface area (Å²) in [5.41, 5.74) is 5.65. The molecule has 1 aliphatic heterocycles. The number of thiol groups is 1. The van der Waals surface area contributed by atoms with Crippen molar-refractivity contribution < 1.29 is 29.4 Å². The zero-order chi connectivity index (χ0) is 21.6. The molecule has 1 fully saturated rings. The minimum absolute atomic E-state index is 0.121. The van der Waals surface area contributed by atoms with Crippen molar-refractivity contribution in [3.8, 4) is 0 Å². The van der Waals surface area contributed by atoms with E-state index in [1.165, 1.54) is 11.8 Å². The second kappa shape index (κ2) is 10.6. The summed E-state index contributed by atoms with van der Waals surface area (Å²) in [5, 5.41) is 23.6. The zero-order valence-electron chi connectivity index (χ0n) is 16.3. The lowest BCUT2D eigenvalue weighted by atomic mass is 10.0. The van der Waals surface area contributed by atoms with Crippen LogP contribution in [0.1, 0.15) is 33.6 Å². The maximum absolute atomic E-state index is 13.0. The lowest BCUT2D eigenvalue weighted by molar-refractivity contribution is -0.147. The van der Waals surface area contributed by atoms with E-state index in [0.29, 0.717) is 19.4 Å². The highest BCUT2D eigenvalue weighted by atomic mass is 32.1. The van der Waals surface area contributed by atoms with E-state index in [0.717, 1.165) is 0 Å². The molecule has 5 unspecified atom stereocenters. The van der Waals surface area contributed by atoms with Crippen LogP contribution in [0.4, 0.5) is 0 Å². The minimum Gasteiger partial charge on any atom is -0.480 e. The summed E-state index contributed by atoms with van der Waals surface area (Å²) in [4.78, 5) is 50.2. The molecule has 6 N–H and O–H groups in total. The number of aliphatic hydroxyl groups excluding tert-OH is 1. The standard InChI is InChI=1S/C17H30N4O6S/c1-8(2)12(19-14(23)10(18)7-28)16(25)21-6-4-5-11(21)15(24)20-13(9(3)22)17(26)27/h8-13,22,28H,4-7,18H2,1-3H3,(H,19,23)(H,20,24)(H,26,27). The fourth-order valence-corrected chi connectivity index (χ4v) is 3.14. The van der Waals surface area contributed by atoms with E-state index in [4.69, 9.17) is 10.8 Å². The second-order valence-corrected chi connectivity index (χ2v) is 7.64. The van der Waals surface area contributed by atoms with Crippen LogP contribution in [0.25, 0.3) is 0 Å². The van der Waals surface area contributed by atoms with E-state index < -0.39 is 54.0 Å². The number of aliphatic carboxylic acids is 1. The average Bonchev–Trinajstić information content (AvgIpc) is 3.11. The zero-order valence-corrected chi connectivity index (χ0v) is 17.2. The van der Waals surface area contributed by atoms with Gasteiger partial charge in [0, 0.05) is 12.3 Å². The van der Waals surface area contributed by atoms with Crippen molar-refractivity contribution in [3.05, 3.63) is 0 Å². The van der Waals surface area contributed by atoms with Crippen molar-refractivity contribution in [2.45, 2.75) is 63.9 Å². The maximum atomic E-state index is 13.0. The van der Waals surface area contributed by atoms with Gasteiger partial charge in [-0.1, -0.05) is 13.8 Å². The first-order chi connectivity index (χ1) is 13.0. The Labute approximate surface area is 169 Å². The summed E-state index contributed by atoms with van der Waals surface area (Å²) in [6, 6.07) is -4.08. The number of rotatable bonds is 9. The van der Waals surface area contributed by atoms with Crippen LogP contribution in [0.3, 0.4) is 0 Å². The number of aliphatic hydroxyl groups is 1. The van der Waals surface area contributed by atoms with E-state index in [2.05, 4.69) is 23.3 Å². The molecule has 0 aromatic heterocycles. The number of carbonyl (C=O) groups excluding carboxylic acids is 3. The van der Waals surface area contributed by atoms with E-state index in [-0.39, 0.29) is 11.7 Å². The lowest BCUT2D eigenvalue weighted by Crippen LogP contribution is -2.59. The monoisotopic (exact) mass is 418 g/mol. The van der Waals surface area contributed by atoms with Gasteiger partial charge in [-0.15, -0.1) is 0 Å². The van der Waals surface area contributed by atoms with Crippen molar-refractivity contribution in [2.75, 3.05) is 12.3 Å². The SMILES string of the molecule is CC(C)C(NC(=O)C(N)CS)C(=O)N1CCCC1C(=O)NC(C(=O)O)C(C)O. The minimum atomic E-state index is -1.47. The number of amides is 3. The number of hydrogen-bond acceptors (Lipinski definition) is 7. The van der Waals surface area contributed by atoms with E-state index in [9.17, 15) is 24.3 Å². The molecule has 160 valence electrons. The van der Waals surface area contributed by atoms with E-state index in [1.54, 1.807) is 13.8 Å². The van der Waals surface area contributed by atoms with Gasteiger partial charge in [-0.25, -0.2) is 4.79 Å². The Kier molecular flexibility index (Phi) is 9.18. The summed E-state index contributed by atoms with van der Waals surface area (Å²) >= 11 is 3.97. The number of nitrogens with one attached hydrogen (secondary N) is 2. The Hall–Kier alpha value is -1.85. The fraction of sp³-hybridized carbons (Fsp3) is 0.765. The van der Waals surface area contributed by atoms with Crippen molar-refractivity contribution in [2.24, 2.45) is 11.7 Å². The van der Waals surface area contributed by atoms with Gasteiger partial charge in [-0.05, 0) is 25.7 Å². The van der Waals surface area contributed by atoms with Crippen molar-refractivity contribution in [1.82, 2.24) is 15.5 Å². The largest absolute Gasteiger partial charge is 0.480 e. The van der Waals surface area contributed by atoms with Crippen LogP contribution >= 0.6 is 12.6 Å². The Balaban J connectivity index is 2.93. The number of carboxylic acid groups (broad SMARTS) is 1. The van der Waals surface area contributed by atoms with Crippen LogP contribution in [0.15, 0.2) is 0 Å². The quantitative estimate of drug-likeness (QED) is 0.244. The molecule has 10 nitrogen and oxygen atoms in total. The highest BCUT2D eigenvalue weighted by Crippen LogP contribution is 2.21. The first-order valence-electron chi connectivity index (χ1n) is 9.19. The van der Waals surface area contributed by atoms with E-state index >= 15 is 0 Å². The predicted octanol–water partition coefficient (Wildman–Crippen LogP) is -1.67. The predicted molar refractivity (Wildman–Crippen MR) is 105 cm³/mol. The van der Waals surface area contributed by atoms with Gasteiger partial charge in [-0.2, -0.15) is 12.6 Å². The first kappa shape index (κ1) is 24.2. The summed E-state index contributed by atoms with van der Waals surface area (Å²) in [6.07, 6.45) is -0.374. The molecule has 11 heteroatoms. The topological polar surface area (TPSA) is 162 Å². The average molecular weight is 419 g/mol. The molecule has 28 heavy (non-hydrogen) atoms. The van der Waals surface area contributed by atoms with Gasteiger partial charge >= 0.3 is 5.97 Å². The number of nitrogens with two attached hydrogens (primary N) is 1. The van der Waals surface area contributed by atoms with Gasteiger partial charge in [0.2, 0.25) is 17.7 Å². The third-order valence-corrected chi connectivity index (χ3v) is 5.04. The molecule has 0 spiro atoms. The lowest BCUT2D eigenvalue weighted by Gasteiger charge is -2.31. The van der Waals surface area contributed by atoms with E-state index in [1.807, 2.05) is 0 Å². The Morgan fingerprint density at radius 1 is 1.18 bits per heavy atom. The van der Waals surface area contributed by atoms with Gasteiger partial charge in [0.05, 0.1) is 12.1 Å². The molecule has 1 heterocycles. The molecule has 1 aliphatic rings. The van der Waals surface area contributed by atoms with Crippen LogP contribution in [0, 0.1) is 5.92 Å². The molecule has 3 amide bonds. The van der Waals surface area contributed by atoms with Crippen LogP contribution in [-0.2, 0) is 19.2 Å². The molecule has 5 atom stereocenters. The first-order valence-corrected chi connectivity index (χ1v) is 9.83. The molecule has 1 rings (SSSR count). The van der Waals surface area contributed by atoms with Crippen LogP contribution in [0.2, 0.25) is 0 Å². The summed E-state index contributed by atoms with van der Waals surface area (Å²) in [6.45, 7) is 5.08. The fourth-order valence-electron chi connectivity index (χ4n) is 2.98. The van der Waals surface area contributed by atoms with Crippen molar-refractivity contribution in [1.29, 1.82) is 0 Å². The summed E-state index contributed by atoms with van der Waals surface area (Å²) in [7, 11) is 0. The number of nitrogens with zero attached hydrogens (tertiary/aromatic N) is 1. The van der Waals surface area contributed by atoms with Gasteiger partial charge in [0.25, 0.3) is 0 Å². The number of carbonyl (C=O) groups is 4. The Morgan fingerprint density at radius 2 is 1.79 bits per heavy atom. The maximum Gasteiger partial charge on any atom is 0.328 e. The molecular weight excluding hydrogens is 388 g/mol. The number of carboxylic acids is 1. The molecule has 0 bridgehead atoms. The molecule has 0 saturated carbocycles. The molecular formula is C17H30N4O6S. The third kappa shape index (κ3) is 6.08. The molecule has 0 aromatic carbocycles. The molecule has 0 aromatic rings.